The Bertz CT molecular complexity index is 1240. The summed E-state index contributed by atoms with van der Waals surface area (Å²) in [6.45, 7) is -0.245. The summed E-state index contributed by atoms with van der Waals surface area (Å²) in [7, 11) is 0. The Morgan fingerprint density at radius 2 is 1.63 bits per heavy atom. The molecule has 0 fully saturated rings. The maximum atomic E-state index is 12.7. The Hall–Kier alpha value is -3.60. The lowest BCUT2D eigenvalue weighted by atomic mass is 10.1. The van der Waals surface area contributed by atoms with Crippen LogP contribution in [0.3, 0.4) is 0 Å². The van der Waals surface area contributed by atoms with Crippen molar-refractivity contribution >= 4 is 58.2 Å². The molecule has 0 aliphatic rings. The van der Waals surface area contributed by atoms with Gasteiger partial charge < -0.3 is 26.2 Å². The van der Waals surface area contributed by atoms with Crippen LogP contribution in [0.15, 0.2) is 53.9 Å². The number of carbonyl (C=O) groups is 4. The predicted octanol–water partition coefficient (Wildman–Crippen LogP) is 3.30. The maximum absolute atomic E-state index is 12.7. The summed E-state index contributed by atoms with van der Waals surface area (Å²) in [5.74, 6) is -3.20. The van der Waals surface area contributed by atoms with Gasteiger partial charge in [-0.25, -0.2) is 4.79 Å². The molecule has 3 rings (SSSR count). The molecule has 12 heteroatoms. The van der Waals surface area contributed by atoms with Crippen LogP contribution >= 0.6 is 34.5 Å². The zero-order valence-corrected chi connectivity index (χ0v) is 20.2. The largest absolute Gasteiger partial charge is 0.508 e. The van der Waals surface area contributed by atoms with Gasteiger partial charge in [-0.15, -0.1) is 11.3 Å². The average Bonchev–Trinajstić information content (AvgIpc) is 3.34. The van der Waals surface area contributed by atoms with E-state index in [1.54, 1.807) is 29.6 Å². The molecular weight excluding hydrogens is 517 g/mol. The number of hydrogen-bond donors (Lipinski definition) is 5. The summed E-state index contributed by atoms with van der Waals surface area (Å²) in [4.78, 5) is 49.3. The highest BCUT2D eigenvalue weighted by Gasteiger charge is 2.25. The molecule has 0 saturated heterocycles. The average molecular weight is 536 g/mol. The highest BCUT2D eigenvalue weighted by atomic mass is 35.5. The molecule has 1 aromatic heterocycles. The molecule has 1 atom stereocenters. The first-order valence-electron chi connectivity index (χ1n) is 10.1. The molecule has 9 nitrogen and oxygen atoms in total. The molecule has 0 saturated carbocycles. The lowest BCUT2D eigenvalue weighted by molar-refractivity contribution is -0.139. The van der Waals surface area contributed by atoms with Crippen molar-refractivity contribution < 1.29 is 29.4 Å². The second kappa shape index (κ2) is 11.7. The number of hydrogen-bond acceptors (Lipinski definition) is 6. The predicted molar refractivity (Wildman–Crippen MR) is 131 cm³/mol. The van der Waals surface area contributed by atoms with Crippen LogP contribution in [0, 0.1) is 0 Å². The van der Waals surface area contributed by atoms with Crippen molar-refractivity contribution in [1.82, 2.24) is 16.0 Å². The Balaban J connectivity index is 1.66. The highest BCUT2D eigenvalue weighted by Crippen LogP contribution is 2.27. The standard InChI is InChI=1S/C23H19Cl2N3O6S/c24-15-8-13(20(30)26-10-12-3-1-4-14(29)7-12)9-16(25)19(15)22(32)28-17(23(33)34)11-27-21(31)18-5-2-6-35-18/h1-9,17,29H,10-11H2,(H,26,30)(H,27,31)(H,28,32)(H,33,34). The van der Waals surface area contributed by atoms with Gasteiger partial charge in [-0.1, -0.05) is 41.4 Å². The van der Waals surface area contributed by atoms with Crippen molar-refractivity contribution in [3.05, 3.63) is 85.5 Å². The molecule has 35 heavy (non-hydrogen) atoms. The Morgan fingerprint density at radius 1 is 0.914 bits per heavy atom. The van der Waals surface area contributed by atoms with Crippen molar-refractivity contribution in [2.45, 2.75) is 12.6 Å². The smallest absolute Gasteiger partial charge is 0.328 e. The summed E-state index contributed by atoms with van der Waals surface area (Å²) in [6.07, 6.45) is 0. The van der Waals surface area contributed by atoms with E-state index in [1.165, 1.54) is 35.6 Å². The van der Waals surface area contributed by atoms with E-state index < -0.39 is 29.7 Å². The number of amides is 3. The molecule has 0 bridgehead atoms. The van der Waals surface area contributed by atoms with E-state index >= 15 is 0 Å². The van der Waals surface area contributed by atoms with E-state index in [2.05, 4.69) is 16.0 Å². The number of carboxylic acids is 1. The monoisotopic (exact) mass is 535 g/mol. The Kier molecular flexibility index (Phi) is 8.69. The van der Waals surface area contributed by atoms with Crippen LogP contribution in [0.5, 0.6) is 5.75 Å². The third-order valence-electron chi connectivity index (χ3n) is 4.71. The minimum absolute atomic E-state index is 0.0592. The van der Waals surface area contributed by atoms with Gasteiger partial charge in [0.05, 0.1) is 20.5 Å². The van der Waals surface area contributed by atoms with Crippen molar-refractivity contribution in [3.8, 4) is 5.75 Å². The van der Waals surface area contributed by atoms with Crippen LogP contribution in [0.1, 0.15) is 36.0 Å². The third kappa shape index (κ3) is 6.95. The van der Waals surface area contributed by atoms with E-state index in [1.807, 2.05) is 0 Å². The van der Waals surface area contributed by atoms with Gasteiger partial charge in [0.1, 0.15) is 11.8 Å². The normalized spacial score (nSPS) is 11.4. The maximum Gasteiger partial charge on any atom is 0.328 e. The van der Waals surface area contributed by atoms with E-state index in [0.717, 1.165) is 0 Å². The summed E-state index contributed by atoms with van der Waals surface area (Å²) >= 11 is 13.6. The SMILES string of the molecule is O=C(NCc1cccc(O)c1)c1cc(Cl)c(C(=O)NC(CNC(=O)c2cccs2)C(=O)O)c(Cl)c1. The number of carbonyl (C=O) groups excluding carboxylic acids is 3. The molecule has 2 aromatic carbocycles. The van der Waals surface area contributed by atoms with Crippen LogP contribution in [0.25, 0.3) is 0 Å². The molecule has 0 spiro atoms. The molecule has 0 aliphatic heterocycles. The third-order valence-corrected chi connectivity index (χ3v) is 6.17. The molecule has 0 radical (unpaired) electrons. The number of phenols is 1. The van der Waals surface area contributed by atoms with Crippen LogP contribution in [0.4, 0.5) is 0 Å². The number of aromatic hydroxyl groups is 1. The van der Waals surface area contributed by atoms with Gasteiger partial charge in [0.2, 0.25) is 0 Å². The topological polar surface area (TPSA) is 145 Å². The number of thiophene rings is 1. The Morgan fingerprint density at radius 3 is 2.23 bits per heavy atom. The zero-order valence-electron chi connectivity index (χ0n) is 17.9. The number of nitrogens with one attached hydrogen (secondary N) is 3. The van der Waals surface area contributed by atoms with Crippen molar-refractivity contribution in [2.75, 3.05) is 6.54 Å². The van der Waals surface area contributed by atoms with Gasteiger partial charge in [-0.05, 0) is 41.3 Å². The lowest BCUT2D eigenvalue weighted by Gasteiger charge is -2.17. The fourth-order valence-electron chi connectivity index (χ4n) is 2.99. The molecular formula is C23H19Cl2N3O6S. The van der Waals surface area contributed by atoms with E-state index in [4.69, 9.17) is 23.2 Å². The van der Waals surface area contributed by atoms with Gasteiger partial charge in [0.25, 0.3) is 17.7 Å². The Labute approximate surface area is 213 Å². The summed E-state index contributed by atoms with van der Waals surface area (Å²) in [5, 5.41) is 27.7. The zero-order chi connectivity index (χ0) is 25.5. The van der Waals surface area contributed by atoms with Gasteiger partial charge in [-0.2, -0.15) is 0 Å². The summed E-state index contributed by atoms with van der Waals surface area (Å²) in [5.41, 5.74) is 0.529. The number of benzene rings is 2. The highest BCUT2D eigenvalue weighted by molar-refractivity contribution is 7.12. The number of aliphatic carboxylic acids is 1. The fraction of sp³-hybridized carbons (Fsp3) is 0.130. The summed E-state index contributed by atoms with van der Waals surface area (Å²) < 4.78 is 0. The van der Waals surface area contributed by atoms with Crippen molar-refractivity contribution in [2.24, 2.45) is 0 Å². The van der Waals surface area contributed by atoms with Crippen LogP contribution in [-0.2, 0) is 11.3 Å². The van der Waals surface area contributed by atoms with E-state index in [9.17, 15) is 29.4 Å². The molecule has 3 aromatic rings. The quantitative estimate of drug-likeness (QED) is 0.284. The molecule has 182 valence electrons. The molecule has 3 amide bonds. The number of phenolic OH excluding ortho intramolecular Hbond substituents is 1. The minimum atomic E-state index is -1.45. The molecule has 1 unspecified atom stereocenters. The first-order chi connectivity index (χ1) is 16.7. The molecule has 1 heterocycles. The van der Waals surface area contributed by atoms with Gasteiger partial charge in [0, 0.05) is 18.7 Å². The van der Waals surface area contributed by atoms with E-state index in [-0.39, 0.29) is 40.0 Å². The first-order valence-corrected chi connectivity index (χ1v) is 11.7. The van der Waals surface area contributed by atoms with Gasteiger partial charge >= 0.3 is 5.97 Å². The van der Waals surface area contributed by atoms with E-state index in [0.29, 0.717) is 10.4 Å². The first kappa shape index (κ1) is 26.0. The van der Waals surface area contributed by atoms with Crippen LogP contribution in [-0.4, -0.2) is 46.5 Å². The van der Waals surface area contributed by atoms with Crippen LogP contribution < -0.4 is 16.0 Å². The molecule has 0 aliphatic carbocycles. The molecule has 5 N–H and O–H groups in total. The number of halogens is 2. The van der Waals surface area contributed by atoms with Crippen LogP contribution in [0.2, 0.25) is 10.0 Å². The van der Waals surface area contributed by atoms with Gasteiger partial charge in [-0.3, -0.25) is 14.4 Å². The second-order valence-electron chi connectivity index (χ2n) is 7.22. The van der Waals surface area contributed by atoms with Gasteiger partial charge in [0.15, 0.2) is 0 Å². The minimum Gasteiger partial charge on any atom is -0.508 e. The van der Waals surface area contributed by atoms with Crippen molar-refractivity contribution in [3.63, 3.8) is 0 Å². The summed E-state index contributed by atoms with van der Waals surface area (Å²) in [6, 6.07) is 10.6. The second-order valence-corrected chi connectivity index (χ2v) is 8.98. The number of rotatable bonds is 9. The lowest BCUT2D eigenvalue weighted by Crippen LogP contribution is -2.48. The fourth-order valence-corrected chi connectivity index (χ4v) is 4.29. The number of carboxylic acid groups (broad SMARTS) is 1. The van der Waals surface area contributed by atoms with Crippen molar-refractivity contribution in [1.29, 1.82) is 0 Å².